The van der Waals surface area contributed by atoms with Gasteiger partial charge in [0.15, 0.2) is 5.54 Å². The van der Waals surface area contributed by atoms with Crippen LogP contribution in [0.5, 0.6) is 0 Å². The van der Waals surface area contributed by atoms with E-state index in [1.807, 2.05) is 0 Å². The lowest BCUT2D eigenvalue weighted by Crippen LogP contribution is -2.55. The van der Waals surface area contributed by atoms with Gasteiger partial charge < -0.3 is 15.2 Å². The maximum atomic E-state index is 11.8. The molecule has 7 heteroatoms. The minimum atomic E-state index is -1.42. The molecule has 1 aromatic carbocycles. The number of benzene rings is 1. The number of methoxy groups -OCH3 is 1. The number of thioether (sulfide) groups is 1. The number of halogens is 1. The number of hydrogen-bond acceptors (Lipinski definition) is 4. The summed E-state index contributed by atoms with van der Waals surface area (Å²) in [4.78, 5) is 23.8. The highest BCUT2D eigenvalue weighted by Gasteiger charge is 2.34. The van der Waals surface area contributed by atoms with E-state index in [4.69, 9.17) is 21.4 Å². The Labute approximate surface area is 126 Å². The number of ether oxygens (including phenoxy) is 1. The van der Waals surface area contributed by atoms with Crippen molar-refractivity contribution in [1.29, 1.82) is 0 Å². The average Bonchev–Trinajstić information content (AvgIpc) is 2.38. The van der Waals surface area contributed by atoms with E-state index in [2.05, 4.69) is 5.32 Å². The van der Waals surface area contributed by atoms with Crippen LogP contribution in [0, 0.1) is 0 Å². The summed E-state index contributed by atoms with van der Waals surface area (Å²) in [7, 11) is 1.38. The SMILES string of the molecule is COCC(C)(NC(=O)CSc1ccc(Cl)cc1)C(=O)O. The molecule has 20 heavy (non-hydrogen) atoms. The molecule has 5 nitrogen and oxygen atoms in total. The van der Waals surface area contributed by atoms with Crippen molar-refractivity contribution in [1.82, 2.24) is 5.32 Å². The molecule has 0 saturated heterocycles. The molecule has 1 amide bonds. The molecule has 1 unspecified atom stereocenters. The predicted molar refractivity (Wildman–Crippen MR) is 78.2 cm³/mol. The molecule has 0 radical (unpaired) electrons. The maximum absolute atomic E-state index is 11.8. The molecule has 0 aliphatic heterocycles. The monoisotopic (exact) mass is 317 g/mol. The van der Waals surface area contributed by atoms with Crippen LogP contribution in [0.25, 0.3) is 0 Å². The molecule has 1 atom stereocenters. The highest BCUT2D eigenvalue weighted by atomic mass is 35.5. The predicted octanol–water partition coefficient (Wildman–Crippen LogP) is 2.04. The van der Waals surface area contributed by atoms with Crippen molar-refractivity contribution in [3.63, 3.8) is 0 Å². The Morgan fingerprint density at radius 2 is 2.00 bits per heavy atom. The molecule has 0 aromatic heterocycles. The van der Waals surface area contributed by atoms with Gasteiger partial charge in [-0.3, -0.25) is 4.79 Å². The normalized spacial score (nSPS) is 13.6. The average molecular weight is 318 g/mol. The van der Waals surface area contributed by atoms with Crippen molar-refractivity contribution in [3.8, 4) is 0 Å². The van der Waals surface area contributed by atoms with E-state index in [1.54, 1.807) is 24.3 Å². The van der Waals surface area contributed by atoms with Crippen molar-refractivity contribution in [2.24, 2.45) is 0 Å². The standard InChI is InChI=1S/C13H16ClNO4S/c1-13(8-19-2,12(17)18)15-11(16)7-20-10-5-3-9(14)4-6-10/h3-6H,7-8H2,1-2H3,(H,15,16)(H,17,18). The summed E-state index contributed by atoms with van der Waals surface area (Å²) < 4.78 is 4.83. The van der Waals surface area contributed by atoms with Crippen LogP contribution in [-0.4, -0.2) is 42.0 Å². The lowest BCUT2D eigenvalue weighted by Gasteiger charge is -2.25. The van der Waals surface area contributed by atoms with Gasteiger partial charge in [-0.25, -0.2) is 4.79 Å². The van der Waals surface area contributed by atoms with Gasteiger partial charge in [0.05, 0.1) is 12.4 Å². The number of hydrogen-bond donors (Lipinski definition) is 2. The largest absolute Gasteiger partial charge is 0.479 e. The number of carboxylic acids is 1. The quantitative estimate of drug-likeness (QED) is 0.753. The van der Waals surface area contributed by atoms with Gasteiger partial charge in [-0.1, -0.05) is 11.6 Å². The molecule has 0 saturated carbocycles. The second kappa shape index (κ2) is 7.52. The van der Waals surface area contributed by atoms with E-state index < -0.39 is 11.5 Å². The zero-order chi connectivity index (χ0) is 15.2. The first kappa shape index (κ1) is 16.8. The second-order valence-corrected chi connectivity index (χ2v) is 5.85. The third-order valence-electron chi connectivity index (χ3n) is 2.50. The van der Waals surface area contributed by atoms with Crippen LogP contribution in [0.4, 0.5) is 0 Å². The van der Waals surface area contributed by atoms with E-state index in [0.717, 1.165) is 4.90 Å². The molecule has 0 aliphatic rings. The number of carboxylic acid groups (broad SMARTS) is 1. The molecule has 0 aliphatic carbocycles. The topological polar surface area (TPSA) is 75.6 Å². The van der Waals surface area contributed by atoms with Gasteiger partial charge in [0.1, 0.15) is 0 Å². The van der Waals surface area contributed by atoms with E-state index in [9.17, 15) is 9.59 Å². The van der Waals surface area contributed by atoms with Crippen LogP contribution in [0.15, 0.2) is 29.2 Å². The Morgan fingerprint density at radius 3 is 2.50 bits per heavy atom. The molecule has 1 rings (SSSR count). The van der Waals surface area contributed by atoms with Crippen LogP contribution >= 0.6 is 23.4 Å². The fourth-order valence-electron chi connectivity index (χ4n) is 1.46. The molecule has 0 heterocycles. The van der Waals surface area contributed by atoms with Crippen LogP contribution < -0.4 is 5.32 Å². The zero-order valence-corrected chi connectivity index (χ0v) is 12.8. The summed E-state index contributed by atoms with van der Waals surface area (Å²) in [5.74, 6) is -1.38. The van der Waals surface area contributed by atoms with Gasteiger partial charge in [-0.2, -0.15) is 0 Å². The number of amides is 1. The van der Waals surface area contributed by atoms with Gasteiger partial charge in [-0.05, 0) is 31.2 Å². The van der Waals surface area contributed by atoms with E-state index in [-0.39, 0.29) is 18.3 Å². The highest BCUT2D eigenvalue weighted by Crippen LogP contribution is 2.20. The van der Waals surface area contributed by atoms with Gasteiger partial charge in [0, 0.05) is 17.0 Å². The fraction of sp³-hybridized carbons (Fsp3) is 0.385. The zero-order valence-electron chi connectivity index (χ0n) is 11.2. The van der Waals surface area contributed by atoms with Crippen molar-refractivity contribution in [2.75, 3.05) is 19.5 Å². The molecule has 0 fully saturated rings. The summed E-state index contributed by atoms with van der Waals surface area (Å²) in [6, 6.07) is 7.06. The molecule has 2 N–H and O–H groups in total. The Balaban J connectivity index is 2.54. The van der Waals surface area contributed by atoms with E-state index >= 15 is 0 Å². The first-order valence-electron chi connectivity index (χ1n) is 5.79. The second-order valence-electron chi connectivity index (χ2n) is 4.36. The number of rotatable bonds is 7. The van der Waals surface area contributed by atoms with Crippen LogP contribution in [0.3, 0.4) is 0 Å². The molecular formula is C13H16ClNO4S. The smallest absolute Gasteiger partial charge is 0.331 e. The van der Waals surface area contributed by atoms with Gasteiger partial charge in [0.2, 0.25) is 5.91 Å². The van der Waals surface area contributed by atoms with Gasteiger partial charge in [0.25, 0.3) is 0 Å². The molecule has 0 spiro atoms. The Hall–Kier alpha value is -1.24. The highest BCUT2D eigenvalue weighted by molar-refractivity contribution is 8.00. The fourth-order valence-corrected chi connectivity index (χ4v) is 2.29. The molecule has 1 aromatic rings. The Morgan fingerprint density at radius 1 is 1.40 bits per heavy atom. The van der Waals surface area contributed by atoms with Crippen molar-refractivity contribution in [3.05, 3.63) is 29.3 Å². The molecule has 110 valence electrons. The number of carbonyl (C=O) groups excluding carboxylic acids is 1. The van der Waals surface area contributed by atoms with E-state index in [0.29, 0.717) is 5.02 Å². The Bertz CT molecular complexity index is 480. The van der Waals surface area contributed by atoms with Crippen molar-refractivity contribution < 1.29 is 19.4 Å². The summed E-state index contributed by atoms with van der Waals surface area (Å²) in [6.45, 7) is 1.31. The molecular weight excluding hydrogens is 302 g/mol. The number of carbonyl (C=O) groups is 2. The summed E-state index contributed by atoms with van der Waals surface area (Å²) >= 11 is 7.07. The summed E-state index contributed by atoms with van der Waals surface area (Å²) in [5.41, 5.74) is -1.42. The lowest BCUT2D eigenvalue weighted by molar-refractivity contribution is -0.148. The van der Waals surface area contributed by atoms with Gasteiger partial charge in [-0.15, -0.1) is 11.8 Å². The first-order valence-corrected chi connectivity index (χ1v) is 7.15. The van der Waals surface area contributed by atoms with Crippen LogP contribution in [0.2, 0.25) is 5.02 Å². The third-order valence-corrected chi connectivity index (χ3v) is 3.77. The van der Waals surface area contributed by atoms with Gasteiger partial charge >= 0.3 is 5.97 Å². The molecule has 0 bridgehead atoms. The first-order chi connectivity index (χ1) is 9.37. The summed E-state index contributed by atoms with van der Waals surface area (Å²) in [5, 5.41) is 12.2. The minimum Gasteiger partial charge on any atom is -0.479 e. The number of aliphatic carboxylic acids is 1. The maximum Gasteiger partial charge on any atom is 0.331 e. The lowest BCUT2D eigenvalue weighted by atomic mass is 10.0. The van der Waals surface area contributed by atoms with E-state index in [1.165, 1.54) is 25.8 Å². The van der Waals surface area contributed by atoms with Crippen molar-refractivity contribution in [2.45, 2.75) is 17.4 Å². The number of nitrogens with one attached hydrogen (secondary N) is 1. The Kier molecular flexibility index (Phi) is 6.32. The summed E-state index contributed by atoms with van der Waals surface area (Å²) in [6.07, 6.45) is 0. The van der Waals surface area contributed by atoms with Crippen LogP contribution in [0.1, 0.15) is 6.92 Å². The third kappa shape index (κ3) is 5.03. The van der Waals surface area contributed by atoms with Crippen LogP contribution in [-0.2, 0) is 14.3 Å². The van der Waals surface area contributed by atoms with Crippen molar-refractivity contribution >= 4 is 35.2 Å². The minimum absolute atomic E-state index is 0.0975.